The van der Waals surface area contributed by atoms with Crippen LogP contribution in [0.4, 0.5) is 8.78 Å². The van der Waals surface area contributed by atoms with Crippen LogP contribution in [-0.2, 0) is 0 Å². The van der Waals surface area contributed by atoms with Crippen molar-refractivity contribution >= 4 is 0 Å². The summed E-state index contributed by atoms with van der Waals surface area (Å²) in [5, 5.41) is 0. The quantitative estimate of drug-likeness (QED) is 0.534. The van der Waals surface area contributed by atoms with E-state index in [-0.39, 0.29) is 5.57 Å². The van der Waals surface area contributed by atoms with Gasteiger partial charge >= 0.3 is 0 Å². The van der Waals surface area contributed by atoms with Crippen LogP contribution in [-0.4, -0.2) is 24.4 Å². The summed E-state index contributed by atoms with van der Waals surface area (Å²) < 4.78 is 26.9. The number of halogens is 2. The van der Waals surface area contributed by atoms with Crippen molar-refractivity contribution in [2.24, 2.45) is 0 Å². The maximum absolute atomic E-state index is 13.4. The summed E-state index contributed by atoms with van der Waals surface area (Å²) in [5.41, 5.74) is 2.54. The van der Waals surface area contributed by atoms with Gasteiger partial charge in [-0.05, 0) is 31.9 Å². The molecule has 0 amide bonds. The monoisotopic (exact) mass is 295 g/mol. The van der Waals surface area contributed by atoms with Crippen LogP contribution in [0.3, 0.4) is 0 Å². The average Bonchev–Trinajstić information content (AvgIpc) is 2.43. The van der Waals surface area contributed by atoms with Crippen LogP contribution in [0.25, 0.3) is 0 Å². The molecule has 0 heterocycles. The van der Waals surface area contributed by atoms with Gasteiger partial charge in [0.25, 0.3) is 5.92 Å². The number of allylic oxidation sites excluding steroid dienone is 6. The molecule has 0 radical (unpaired) electrons. The predicted molar refractivity (Wildman–Crippen MR) is 88.5 cm³/mol. The summed E-state index contributed by atoms with van der Waals surface area (Å²) in [6.45, 7) is 14.8. The first-order chi connectivity index (χ1) is 9.72. The van der Waals surface area contributed by atoms with Crippen molar-refractivity contribution in [2.75, 3.05) is 13.6 Å². The molecular formula is C18H27F2N. The summed E-state index contributed by atoms with van der Waals surface area (Å²) in [6, 6.07) is 0. The lowest BCUT2D eigenvalue weighted by atomic mass is 9.96. The van der Waals surface area contributed by atoms with Gasteiger partial charge in [-0.1, -0.05) is 38.3 Å². The minimum absolute atomic E-state index is 0.195. The SMILES string of the molecule is C=C/C=C(C(=C/C)\CC)/C(=C/C(=C)C(C)(F)F)N(C)CC. The Labute approximate surface area is 128 Å². The lowest BCUT2D eigenvalue weighted by Crippen LogP contribution is -2.21. The second kappa shape index (κ2) is 8.60. The topological polar surface area (TPSA) is 3.24 Å². The third kappa shape index (κ3) is 5.70. The Bertz CT molecular complexity index is 462. The van der Waals surface area contributed by atoms with Crippen LogP contribution in [0.15, 0.2) is 59.9 Å². The minimum Gasteiger partial charge on any atom is -0.374 e. The number of alkyl halides is 2. The first-order valence-corrected chi connectivity index (χ1v) is 7.21. The van der Waals surface area contributed by atoms with E-state index < -0.39 is 5.92 Å². The van der Waals surface area contributed by atoms with Crippen LogP contribution in [0, 0.1) is 0 Å². The fraction of sp³-hybridized carbons (Fsp3) is 0.444. The van der Waals surface area contributed by atoms with E-state index in [0.29, 0.717) is 6.54 Å². The van der Waals surface area contributed by atoms with Gasteiger partial charge in [-0.25, -0.2) is 8.78 Å². The van der Waals surface area contributed by atoms with E-state index in [9.17, 15) is 8.78 Å². The smallest absolute Gasteiger partial charge is 0.270 e. The van der Waals surface area contributed by atoms with Gasteiger partial charge in [0.05, 0.1) is 0 Å². The molecule has 0 N–H and O–H groups in total. The molecule has 0 rings (SSSR count). The van der Waals surface area contributed by atoms with E-state index in [1.54, 1.807) is 6.08 Å². The van der Waals surface area contributed by atoms with E-state index in [2.05, 4.69) is 13.2 Å². The molecule has 0 atom stereocenters. The maximum Gasteiger partial charge on any atom is 0.270 e. The Kier molecular flexibility index (Phi) is 7.93. The van der Waals surface area contributed by atoms with Gasteiger partial charge in [0.15, 0.2) is 0 Å². The van der Waals surface area contributed by atoms with Gasteiger partial charge in [-0.2, -0.15) is 0 Å². The normalized spacial score (nSPS) is 14.1. The van der Waals surface area contributed by atoms with Gasteiger partial charge in [-0.15, -0.1) is 0 Å². The molecule has 0 fully saturated rings. The van der Waals surface area contributed by atoms with Crippen molar-refractivity contribution < 1.29 is 8.78 Å². The number of hydrogen-bond donors (Lipinski definition) is 0. The summed E-state index contributed by atoms with van der Waals surface area (Å²) in [4.78, 5) is 1.94. The number of likely N-dealkylation sites (N-methyl/N-ethyl adjacent to an activating group) is 1. The van der Waals surface area contributed by atoms with Crippen LogP contribution < -0.4 is 0 Å². The van der Waals surface area contributed by atoms with Crippen molar-refractivity contribution in [1.29, 1.82) is 0 Å². The average molecular weight is 295 g/mol. The molecule has 0 aliphatic heterocycles. The molecular weight excluding hydrogens is 268 g/mol. The largest absolute Gasteiger partial charge is 0.374 e. The zero-order chi connectivity index (χ0) is 16.6. The number of hydrogen-bond acceptors (Lipinski definition) is 1. The van der Waals surface area contributed by atoms with Gasteiger partial charge in [0.1, 0.15) is 0 Å². The molecule has 21 heavy (non-hydrogen) atoms. The lowest BCUT2D eigenvalue weighted by molar-refractivity contribution is 0.0677. The Hall–Kier alpha value is -1.64. The van der Waals surface area contributed by atoms with Gasteiger partial charge < -0.3 is 4.90 Å². The molecule has 0 aromatic carbocycles. The van der Waals surface area contributed by atoms with E-state index in [1.807, 2.05) is 44.9 Å². The predicted octanol–water partition coefficient (Wildman–Crippen LogP) is 5.50. The molecule has 0 saturated heterocycles. The number of nitrogens with zero attached hydrogens (tertiary/aromatic N) is 1. The van der Waals surface area contributed by atoms with Crippen molar-refractivity contribution in [1.82, 2.24) is 4.90 Å². The lowest BCUT2D eigenvalue weighted by Gasteiger charge is -2.26. The summed E-state index contributed by atoms with van der Waals surface area (Å²) in [7, 11) is 1.88. The highest BCUT2D eigenvalue weighted by Gasteiger charge is 2.25. The molecule has 0 aromatic rings. The summed E-state index contributed by atoms with van der Waals surface area (Å²) >= 11 is 0. The van der Waals surface area contributed by atoms with Gasteiger partial charge in [-0.3, -0.25) is 0 Å². The molecule has 0 aromatic heterocycles. The molecule has 0 unspecified atom stereocenters. The highest BCUT2D eigenvalue weighted by molar-refractivity contribution is 5.50. The van der Waals surface area contributed by atoms with Crippen molar-refractivity contribution in [3.05, 3.63) is 59.9 Å². The third-order valence-electron chi connectivity index (χ3n) is 3.40. The highest BCUT2D eigenvalue weighted by atomic mass is 19.3. The zero-order valence-corrected chi connectivity index (χ0v) is 13.8. The Morgan fingerprint density at radius 3 is 2.19 bits per heavy atom. The van der Waals surface area contributed by atoms with Crippen LogP contribution in [0.2, 0.25) is 0 Å². The van der Waals surface area contributed by atoms with Crippen molar-refractivity contribution in [3.63, 3.8) is 0 Å². The molecule has 1 nitrogen and oxygen atoms in total. The summed E-state index contributed by atoms with van der Waals surface area (Å²) in [6.07, 6.45) is 7.83. The zero-order valence-electron chi connectivity index (χ0n) is 13.8. The maximum atomic E-state index is 13.4. The van der Waals surface area contributed by atoms with Crippen LogP contribution in [0.5, 0.6) is 0 Å². The standard InChI is InChI=1S/C18H27F2N/c1-8-12-16(15(9-2)10-3)17(21(7)11-4)13-14(5)18(6,19)20/h8-9,12-13H,1,5,10-11H2,2-4,6-7H3/b15-9-,16-12+,17-13-. The van der Waals surface area contributed by atoms with E-state index in [0.717, 1.165) is 30.2 Å². The molecule has 0 aliphatic rings. The Morgan fingerprint density at radius 2 is 1.86 bits per heavy atom. The highest BCUT2D eigenvalue weighted by Crippen LogP contribution is 2.29. The molecule has 0 saturated carbocycles. The van der Waals surface area contributed by atoms with Gasteiger partial charge in [0, 0.05) is 37.4 Å². The molecule has 118 valence electrons. The third-order valence-corrected chi connectivity index (χ3v) is 3.40. The Morgan fingerprint density at radius 1 is 1.29 bits per heavy atom. The van der Waals surface area contributed by atoms with E-state index in [4.69, 9.17) is 0 Å². The van der Waals surface area contributed by atoms with E-state index >= 15 is 0 Å². The molecule has 0 spiro atoms. The first kappa shape index (κ1) is 19.4. The second-order valence-corrected chi connectivity index (χ2v) is 4.94. The minimum atomic E-state index is -2.93. The first-order valence-electron chi connectivity index (χ1n) is 7.21. The van der Waals surface area contributed by atoms with Gasteiger partial charge in [0.2, 0.25) is 0 Å². The fourth-order valence-corrected chi connectivity index (χ4v) is 1.88. The molecule has 0 bridgehead atoms. The van der Waals surface area contributed by atoms with E-state index in [1.165, 1.54) is 6.08 Å². The van der Waals surface area contributed by atoms with Crippen molar-refractivity contribution in [2.45, 2.75) is 40.0 Å². The van der Waals surface area contributed by atoms with Crippen molar-refractivity contribution in [3.8, 4) is 0 Å². The molecule has 0 aliphatic carbocycles. The Balaban J connectivity index is 6.02. The summed E-state index contributed by atoms with van der Waals surface area (Å²) in [5.74, 6) is -2.93. The fourth-order valence-electron chi connectivity index (χ4n) is 1.88. The van der Waals surface area contributed by atoms with Crippen LogP contribution in [0.1, 0.15) is 34.1 Å². The number of rotatable bonds is 8. The second-order valence-electron chi connectivity index (χ2n) is 4.94. The van der Waals surface area contributed by atoms with Crippen LogP contribution >= 0.6 is 0 Å². The molecule has 3 heteroatoms.